The number of oxazole rings is 1. The van der Waals surface area contributed by atoms with Crippen LogP contribution in [0.5, 0.6) is 5.75 Å². The van der Waals surface area contributed by atoms with Crippen molar-refractivity contribution < 1.29 is 13.9 Å². The van der Waals surface area contributed by atoms with Gasteiger partial charge < -0.3 is 14.5 Å². The van der Waals surface area contributed by atoms with E-state index >= 15 is 0 Å². The molecule has 0 saturated carbocycles. The van der Waals surface area contributed by atoms with Crippen LogP contribution in [-0.2, 0) is 0 Å². The summed E-state index contributed by atoms with van der Waals surface area (Å²) in [5.74, 6) is 0.721. The summed E-state index contributed by atoms with van der Waals surface area (Å²) in [5, 5.41) is 6.25. The summed E-state index contributed by atoms with van der Waals surface area (Å²) < 4.78 is 11.2. The number of aromatic nitrogens is 1. The second kappa shape index (κ2) is 10.6. The predicted octanol–water partition coefficient (Wildman–Crippen LogP) is 7.45. The largest absolute Gasteiger partial charge is 0.494 e. The highest BCUT2D eigenvalue weighted by molar-refractivity contribution is 7.80. The third kappa shape index (κ3) is 5.59. The standard InChI is InChI=1S/C26H23Cl2N3O3S/c1-4-14(2)16-7-10-22-21(11-16)30-25(34-22)15-5-8-18(9-6-15)29-26(35)31-24(32)19-12-17(27)13-20(28)23(19)33-3/h5-14H,4H2,1-3H3,(H2,29,31,32,35)/t14-/m0/s1. The number of fused-ring (bicyclic) bond motifs is 1. The first-order valence-electron chi connectivity index (χ1n) is 10.9. The molecular formula is C26H23Cl2N3O3S. The quantitative estimate of drug-likeness (QED) is 0.253. The molecule has 3 aromatic carbocycles. The third-order valence-electron chi connectivity index (χ3n) is 5.67. The second-order valence-electron chi connectivity index (χ2n) is 8.01. The van der Waals surface area contributed by atoms with E-state index in [9.17, 15) is 4.79 Å². The van der Waals surface area contributed by atoms with Crippen LogP contribution in [0.2, 0.25) is 10.0 Å². The van der Waals surface area contributed by atoms with Crippen LogP contribution in [0.4, 0.5) is 5.69 Å². The molecule has 2 N–H and O–H groups in total. The lowest BCUT2D eigenvalue weighted by Crippen LogP contribution is -2.34. The fourth-order valence-electron chi connectivity index (χ4n) is 3.58. The van der Waals surface area contributed by atoms with E-state index in [1.165, 1.54) is 24.8 Å². The topological polar surface area (TPSA) is 76.4 Å². The van der Waals surface area contributed by atoms with Gasteiger partial charge in [0.15, 0.2) is 10.7 Å². The number of benzene rings is 3. The molecule has 0 unspecified atom stereocenters. The summed E-state index contributed by atoms with van der Waals surface area (Å²) >= 11 is 17.4. The van der Waals surface area contributed by atoms with Gasteiger partial charge in [-0.05, 0) is 78.7 Å². The summed E-state index contributed by atoms with van der Waals surface area (Å²) in [7, 11) is 1.42. The Labute approximate surface area is 218 Å². The van der Waals surface area contributed by atoms with E-state index < -0.39 is 5.91 Å². The lowest BCUT2D eigenvalue weighted by molar-refractivity contribution is 0.0974. The van der Waals surface area contributed by atoms with Crippen LogP contribution in [0.3, 0.4) is 0 Å². The molecule has 0 saturated heterocycles. The molecule has 0 aliphatic rings. The van der Waals surface area contributed by atoms with E-state index in [1.807, 2.05) is 30.3 Å². The molecule has 1 atom stereocenters. The highest BCUT2D eigenvalue weighted by atomic mass is 35.5. The van der Waals surface area contributed by atoms with Gasteiger partial charge in [0.1, 0.15) is 11.3 Å². The molecule has 1 heterocycles. The van der Waals surface area contributed by atoms with Gasteiger partial charge in [-0.15, -0.1) is 0 Å². The number of ether oxygens (including phenoxy) is 1. The number of amides is 1. The normalized spacial score (nSPS) is 11.8. The van der Waals surface area contributed by atoms with Crippen molar-refractivity contribution in [2.45, 2.75) is 26.2 Å². The molecule has 0 fully saturated rings. The van der Waals surface area contributed by atoms with E-state index in [1.54, 1.807) is 0 Å². The molecule has 0 spiro atoms. The van der Waals surface area contributed by atoms with Gasteiger partial charge in [-0.2, -0.15) is 0 Å². The zero-order valence-corrected chi connectivity index (χ0v) is 21.6. The van der Waals surface area contributed by atoms with Crippen molar-refractivity contribution in [1.82, 2.24) is 10.3 Å². The minimum atomic E-state index is -0.497. The highest BCUT2D eigenvalue weighted by Crippen LogP contribution is 2.32. The van der Waals surface area contributed by atoms with Crippen molar-refractivity contribution in [2.24, 2.45) is 0 Å². The maximum atomic E-state index is 12.7. The van der Waals surface area contributed by atoms with Crippen LogP contribution in [0, 0.1) is 0 Å². The van der Waals surface area contributed by atoms with Crippen molar-refractivity contribution in [3.05, 3.63) is 75.8 Å². The van der Waals surface area contributed by atoms with E-state index in [-0.39, 0.29) is 21.4 Å². The summed E-state index contributed by atoms with van der Waals surface area (Å²) in [4.78, 5) is 17.3. The number of halogens is 2. The Kier molecular flexibility index (Phi) is 7.60. The smallest absolute Gasteiger partial charge is 0.261 e. The molecule has 180 valence electrons. The van der Waals surface area contributed by atoms with Crippen molar-refractivity contribution in [3.8, 4) is 17.2 Å². The van der Waals surface area contributed by atoms with Gasteiger partial charge in [-0.3, -0.25) is 10.1 Å². The van der Waals surface area contributed by atoms with E-state index in [0.29, 0.717) is 22.5 Å². The molecule has 9 heteroatoms. The molecule has 1 amide bonds. The Morgan fingerprint density at radius 2 is 1.89 bits per heavy atom. The Hall–Kier alpha value is -3.13. The lowest BCUT2D eigenvalue weighted by Gasteiger charge is -2.13. The molecule has 4 aromatic rings. The minimum Gasteiger partial charge on any atom is -0.494 e. The van der Waals surface area contributed by atoms with E-state index in [4.69, 9.17) is 44.6 Å². The Morgan fingerprint density at radius 1 is 1.14 bits per heavy atom. The average molecular weight is 528 g/mol. The number of nitrogens with zero attached hydrogens (tertiary/aromatic N) is 1. The Morgan fingerprint density at radius 3 is 2.57 bits per heavy atom. The molecule has 1 aromatic heterocycles. The number of methoxy groups -OCH3 is 1. The number of thiocarbonyl (C=S) groups is 1. The number of hydrogen-bond donors (Lipinski definition) is 2. The SMILES string of the molecule is CC[C@H](C)c1ccc2oc(-c3ccc(NC(=S)NC(=O)c4cc(Cl)cc(Cl)c4OC)cc3)nc2c1. The fourth-order valence-corrected chi connectivity index (χ4v) is 4.36. The summed E-state index contributed by atoms with van der Waals surface area (Å²) in [5.41, 5.74) is 4.51. The van der Waals surface area contributed by atoms with Crippen molar-refractivity contribution in [1.29, 1.82) is 0 Å². The third-order valence-corrected chi connectivity index (χ3v) is 6.37. The first kappa shape index (κ1) is 25.0. The summed E-state index contributed by atoms with van der Waals surface area (Å²) in [6, 6.07) is 16.5. The van der Waals surface area contributed by atoms with Crippen molar-refractivity contribution in [3.63, 3.8) is 0 Å². The zero-order chi connectivity index (χ0) is 25.1. The van der Waals surface area contributed by atoms with E-state index in [2.05, 4.69) is 41.6 Å². The first-order valence-corrected chi connectivity index (χ1v) is 12.1. The highest BCUT2D eigenvalue weighted by Gasteiger charge is 2.18. The molecular weight excluding hydrogens is 505 g/mol. The van der Waals surface area contributed by atoms with Gasteiger partial charge in [0.2, 0.25) is 5.89 Å². The number of carbonyl (C=O) groups is 1. The molecule has 0 aliphatic heterocycles. The molecule has 35 heavy (non-hydrogen) atoms. The van der Waals surface area contributed by atoms with Gasteiger partial charge in [0.25, 0.3) is 5.91 Å². The van der Waals surface area contributed by atoms with Gasteiger partial charge >= 0.3 is 0 Å². The number of hydrogen-bond acceptors (Lipinski definition) is 5. The van der Waals surface area contributed by atoms with Crippen LogP contribution in [0.15, 0.2) is 59.0 Å². The maximum absolute atomic E-state index is 12.7. The van der Waals surface area contributed by atoms with Crippen LogP contribution in [0.1, 0.15) is 42.1 Å². The van der Waals surface area contributed by atoms with Crippen LogP contribution >= 0.6 is 35.4 Å². The Balaban J connectivity index is 1.45. The minimum absolute atomic E-state index is 0.111. The van der Waals surface area contributed by atoms with Crippen molar-refractivity contribution in [2.75, 3.05) is 12.4 Å². The molecule has 6 nitrogen and oxygen atoms in total. The van der Waals surface area contributed by atoms with Crippen LogP contribution in [0.25, 0.3) is 22.6 Å². The monoisotopic (exact) mass is 527 g/mol. The average Bonchev–Trinajstić information content (AvgIpc) is 3.27. The maximum Gasteiger partial charge on any atom is 0.261 e. The summed E-state index contributed by atoms with van der Waals surface area (Å²) in [6.45, 7) is 4.36. The molecule has 0 aliphatic carbocycles. The van der Waals surface area contributed by atoms with Gasteiger partial charge in [-0.1, -0.05) is 43.1 Å². The van der Waals surface area contributed by atoms with Gasteiger partial charge in [0, 0.05) is 16.3 Å². The summed E-state index contributed by atoms with van der Waals surface area (Å²) in [6.07, 6.45) is 1.06. The lowest BCUT2D eigenvalue weighted by atomic mass is 9.98. The fraction of sp³-hybridized carbons (Fsp3) is 0.192. The van der Waals surface area contributed by atoms with Crippen molar-refractivity contribution >= 4 is 63.2 Å². The van der Waals surface area contributed by atoms with Gasteiger partial charge in [-0.25, -0.2) is 4.98 Å². The number of rotatable bonds is 6. The zero-order valence-electron chi connectivity index (χ0n) is 19.3. The Bertz CT molecular complexity index is 1400. The van der Waals surface area contributed by atoms with Crippen LogP contribution in [-0.4, -0.2) is 23.1 Å². The van der Waals surface area contributed by atoms with Gasteiger partial charge in [0.05, 0.1) is 17.7 Å². The number of nitrogens with one attached hydrogen (secondary N) is 2. The van der Waals surface area contributed by atoms with E-state index in [0.717, 1.165) is 23.1 Å². The number of carbonyl (C=O) groups excluding carboxylic acids is 1. The molecule has 0 radical (unpaired) electrons. The van der Waals surface area contributed by atoms with Crippen LogP contribution < -0.4 is 15.4 Å². The second-order valence-corrected chi connectivity index (χ2v) is 9.26. The molecule has 4 rings (SSSR count). The first-order chi connectivity index (χ1) is 16.8. The molecule has 0 bridgehead atoms. The number of anilines is 1. The predicted molar refractivity (Wildman–Crippen MR) is 145 cm³/mol.